The molecule has 0 aliphatic carbocycles. The minimum atomic E-state index is -0.222. The van der Waals surface area contributed by atoms with Crippen molar-refractivity contribution in [3.63, 3.8) is 0 Å². The summed E-state index contributed by atoms with van der Waals surface area (Å²) in [5.74, 6) is 0.446. The van der Waals surface area contributed by atoms with Crippen LogP contribution in [0.2, 0.25) is 0 Å². The van der Waals surface area contributed by atoms with Gasteiger partial charge >= 0.3 is 5.69 Å². The lowest BCUT2D eigenvalue weighted by molar-refractivity contribution is -0.119. The molecule has 0 spiro atoms. The fourth-order valence-corrected chi connectivity index (χ4v) is 3.35. The molecule has 1 aromatic heterocycles. The van der Waals surface area contributed by atoms with Crippen molar-refractivity contribution >= 4 is 17.7 Å². The molecule has 7 heteroatoms. The van der Waals surface area contributed by atoms with Crippen molar-refractivity contribution in [3.05, 3.63) is 46.4 Å². The number of amides is 1. The molecular formula is C18H26N4O2S. The van der Waals surface area contributed by atoms with E-state index in [0.29, 0.717) is 11.7 Å². The molecule has 1 unspecified atom stereocenters. The predicted octanol–water partition coefficient (Wildman–Crippen LogP) is 2.98. The standard InChI is InChI=1S/C18H26N4O2S/c1-4-5-11-22-17(24)20-21-18(22)25-12-15(23)19-16(13(2)3)14-9-7-6-8-10-14/h6-10,13,16H,4-5,11-12H2,1-3H3,(H,19,23)(H,20,24). The zero-order valence-corrected chi connectivity index (χ0v) is 15.8. The number of carbonyl (C=O) groups is 1. The second kappa shape index (κ2) is 9.46. The Bertz CT molecular complexity index is 724. The molecule has 25 heavy (non-hydrogen) atoms. The van der Waals surface area contributed by atoms with Crippen LogP contribution in [0.3, 0.4) is 0 Å². The van der Waals surface area contributed by atoms with Gasteiger partial charge in [-0.2, -0.15) is 0 Å². The summed E-state index contributed by atoms with van der Waals surface area (Å²) < 4.78 is 1.60. The minimum absolute atomic E-state index is 0.0317. The summed E-state index contributed by atoms with van der Waals surface area (Å²) in [6, 6.07) is 9.92. The quantitative estimate of drug-likeness (QED) is 0.672. The average molecular weight is 362 g/mol. The number of hydrogen-bond donors (Lipinski definition) is 2. The van der Waals surface area contributed by atoms with Gasteiger partial charge in [0, 0.05) is 6.54 Å². The Hall–Kier alpha value is -2.02. The molecule has 1 atom stereocenters. The largest absolute Gasteiger partial charge is 0.348 e. The van der Waals surface area contributed by atoms with Gasteiger partial charge in [-0.1, -0.05) is 69.3 Å². The molecule has 1 heterocycles. The summed E-state index contributed by atoms with van der Waals surface area (Å²) in [4.78, 5) is 24.2. The fraction of sp³-hybridized carbons (Fsp3) is 0.500. The third-order valence-electron chi connectivity index (χ3n) is 3.93. The number of unbranched alkanes of at least 4 members (excludes halogenated alkanes) is 1. The molecular weight excluding hydrogens is 336 g/mol. The Labute approximate surface area is 152 Å². The van der Waals surface area contributed by atoms with Crippen LogP contribution in [0.15, 0.2) is 40.3 Å². The Kier molecular flexibility index (Phi) is 7.31. The molecule has 1 aromatic carbocycles. The van der Waals surface area contributed by atoms with Gasteiger partial charge in [-0.05, 0) is 17.9 Å². The highest BCUT2D eigenvalue weighted by Gasteiger charge is 2.19. The van der Waals surface area contributed by atoms with Crippen LogP contribution < -0.4 is 11.0 Å². The maximum absolute atomic E-state index is 12.4. The molecule has 0 bridgehead atoms. The number of nitrogens with one attached hydrogen (secondary N) is 2. The summed E-state index contributed by atoms with van der Waals surface area (Å²) in [6.07, 6.45) is 1.90. The van der Waals surface area contributed by atoms with Gasteiger partial charge in [0.05, 0.1) is 11.8 Å². The van der Waals surface area contributed by atoms with E-state index < -0.39 is 0 Å². The first-order chi connectivity index (χ1) is 12.0. The lowest BCUT2D eigenvalue weighted by Gasteiger charge is -2.22. The molecule has 0 saturated heterocycles. The number of aromatic nitrogens is 3. The molecule has 1 amide bonds. The number of aromatic amines is 1. The fourth-order valence-electron chi connectivity index (χ4n) is 2.57. The third-order valence-corrected chi connectivity index (χ3v) is 4.91. The van der Waals surface area contributed by atoms with E-state index in [9.17, 15) is 9.59 Å². The van der Waals surface area contributed by atoms with Crippen molar-refractivity contribution in [2.75, 3.05) is 5.75 Å². The number of nitrogens with zero attached hydrogens (tertiary/aromatic N) is 2. The zero-order valence-electron chi connectivity index (χ0n) is 15.0. The summed E-state index contributed by atoms with van der Waals surface area (Å²) in [7, 11) is 0. The number of benzene rings is 1. The lowest BCUT2D eigenvalue weighted by Crippen LogP contribution is -2.33. The highest BCUT2D eigenvalue weighted by molar-refractivity contribution is 7.99. The van der Waals surface area contributed by atoms with Gasteiger partial charge in [0.1, 0.15) is 0 Å². The smallest absolute Gasteiger partial charge is 0.343 e. The second-order valence-electron chi connectivity index (χ2n) is 6.31. The van der Waals surface area contributed by atoms with Gasteiger partial charge in [-0.3, -0.25) is 9.36 Å². The van der Waals surface area contributed by atoms with E-state index in [1.54, 1.807) is 4.57 Å². The van der Waals surface area contributed by atoms with Crippen LogP contribution in [0.1, 0.15) is 45.2 Å². The first kappa shape index (κ1) is 19.3. The maximum atomic E-state index is 12.4. The number of carbonyl (C=O) groups excluding carboxylic acids is 1. The number of H-pyrrole nitrogens is 1. The normalized spacial score (nSPS) is 12.3. The SMILES string of the molecule is CCCCn1c(SCC(=O)NC(c2ccccc2)C(C)C)n[nH]c1=O. The molecule has 136 valence electrons. The third kappa shape index (κ3) is 5.49. The van der Waals surface area contributed by atoms with Gasteiger partial charge in [0.25, 0.3) is 0 Å². The van der Waals surface area contributed by atoms with Crippen LogP contribution in [0, 0.1) is 5.92 Å². The van der Waals surface area contributed by atoms with E-state index in [1.807, 2.05) is 30.3 Å². The van der Waals surface area contributed by atoms with Gasteiger partial charge < -0.3 is 5.32 Å². The summed E-state index contributed by atoms with van der Waals surface area (Å²) in [5.41, 5.74) is 0.871. The van der Waals surface area contributed by atoms with Crippen LogP contribution in [-0.4, -0.2) is 26.4 Å². The molecule has 0 fully saturated rings. The van der Waals surface area contributed by atoms with Crippen LogP contribution >= 0.6 is 11.8 Å². The maximum Gasteiger partial charge on any atom is 0.343 e. The van der Waals surface area contributed by atoms with Crippen molar-refractivity contribution in [2.45, 2.75) is 51.4 Å². The Morgan fingerprint density at radius 3 is 2.68 bits per heavy atom. The van der Waals surface area contributed by atoms with Gasteiger partial charge in [0.15, 0.2) is 5.16 Å². The molecule has 0 saturated carbocycles. The predicted molar refractivity (Wildman–Crippen MR) is 101 cm³/mol. The van der Waals surface area contributed by atoms with E-state index in [-0.39, 0.29) is 29.3 Å². The lowest BCUT2D eigenvalue weighted by atomic mass is 9.96. The first-order valence-electron chi connectivity index (χ1n) is 8.65. The highest BCUT2D eigenvalue weighted by Crippen LogP contribution is 2.22. The minimum Gasteiger partial charge on any atom is -0.348 e. The van der Waals surface area contributed by atoms with E-state index >= 15 is 0 Å². The Morgan fingerprint density at radius 2 is 2.04 bits per heavy atom. The van der Waals surface area contributed by atoms with Gasteiger partial charge in [-0.15, -0.1) is 5.10 Å². The topological polar surface area (TPSA) is 79.8 Å². The molecule has 2 N–H and O–H groups in total. The van der Waals surface area contributed by atoms with Crippen LogP contribution in [-0.2, 0) is 11.3 Å². The molecule has 6 nitrogen and oxygen atoms in total. The van der Waals surface area contributed by atoms with E-state index in [4.69, 9.17) is 0 Å². The van der Waals surface area contributed by atoms with Gasteiger partial charge in [-0.25, -0.2) is 9.89 Å². The number of hydrogen-bond acceptors (Lipinski definition) is 4. The van der Waals surface area contributed by atoms with Crippen molar-refractivity contribution in [1.29, 1.82) is 0 Å². The monoisotopic (exact) mass is 362 g/mol. The van der Waals surface area contributed by atoms with Crippen molar-refractivity contribution in [3.8, 4) is 0 Å². The Balaban J connectivity index is 1.97. The van der Waals surface area contributed by atoms with Gasteiger partial charge in [0.2, 0.25) is 5.91 Å². The number of thioether (sulfide) groups is 1. The van der Waals surface area contributed by atoms with E-state index in [0.717, 1.165) is 18.4 Å². The van der Waals surface area contributed by atoms with E-state index in [2.05, 4.69) is 36.3 Å². The molecule has 0 aliphatic rings. The Morgan fingerprint density at radius 1 is 1.32 bits per heavy atom. The van der Waals surface area contributed by atoms with Crippen molar-refractivity contribution < 1.29 is 4.79 Å². The van der Waals surface area contributed by atoms with Crippen LogP contribution in [0.5, 0.6) is 0 Å². The molecule has 0 aliphatic heterocycles. The first-order valence-corrected chi connectivity index (χ1v) is 9.63. The van der Waals surface area contributed by atoms with Crippen molar-refractivity contribution in [2.24, 2.45) is 5.92 Å². The van der Waals surface area contributed by atoms with E-state index in [1.165, 1.54) is 11.8 Å². The summed E-state index contributed by atoms with van der Waals surface area (Å²) in [6.45, 7) is 6.86. The van der Waals surface area contributed by atoms with Crippen LogP contribution in [0.4, 0.5) is 0 Å². The average Bonchev–Trinajstić information content (AvgIpc) is 2.96. The summed E-state index contributed by atoms with van der Waals surface area (Å²) >= 11 is 1.28. The zero-order chi connectivity index (χ0) is 18.2. The second-order valence-corrected chi connectivity index (χ2v) is 7.25. The molecule has 0 radical (unpaired) electrons. The molecule has 2 rings (SSSR count). The summed E-state index contributed by atoms with van der Waals surface area (Å²) in [5, 5.41) is 10.1. The van der Waals surface area contributed by atoms with Crippen LogP contribution in [0.25, 0.3) is 0 Å². The molecule has 2 aromatic rings. The number of rotatable bonds is 9. The van der Waals surface area contributed by atoms with Crippen molar-refractivity contribution in [1.82, 2.24) is 20.1 Å². The highest BCUT2D eigenvalue weighted by atomic mass is 32.2.